The van der Waals surface area contributed by atoms with Crippen LogP contribution in [0.15, 0.2) is 36.4 Å². The number of nitro benzene ring substituents is 1. The summed E-state index contributed by atoms with van der Waals surface area (Å²) in [5, 5.41) is 10.6. The zero-order valence-corrected chi connectivity index (χ0v) is 11.8. The average molecular weight is 312 g/mol. The highest BCUT2D eigenvalue weighted by Crippen LogP contribution is 2.29. The van der Waals surface area contributed by atoms with Gasteiger partial charge < -0.3 is 9.47 Å². The molecule has 0 atom stereocenters. The van der Waals surface area contributed by atoms with Gasteiger partial charge in [0.25, 0.3) is 5.69 Å². The van der Waals surface area contributed by atoms with E-state index in [0.29, 0.717) is 17.1 Å². The molecule has 2 rings (SSSR count). The molecule has 2 aromatic carbocycles. The first kappa shape index (κ1) is 15.1. The minimum atomic E-state index is -0.588. The molecular weight excluding hydrogens is 301 g/mol. The van der Waals surface area contributed by atoms with Crippen LogP contribution in [-0.2, 0) is 6.61 Å². The number of nitro groups is 1. The van der Waals surface area contributed by atoms with Crippen molar-refractivity contribution in [3.63, 3.8) is 0 Å². The highest BCUT2D eigenvalue weighted by Gasteiger charge is 2.13. The van der Waals surface area contributed by atoms with E-state index in [2.05, 4.69) is 0 Å². The van der Waals surface area contributed by atoms with E-state index in [1.807, 2.05) is 0 Å². The van der Waals surface area contributed by atoms with Crippen molar-refractivity contribution in [3.05, 3.63) is 62.9 Å². The predicted octanol–water partition coefficient (Wildman–Crippen LogP) is 3.97. The van der Waals surface area contributed by atoms with Gasteiger partial charge in [-0.3, -0.25) is 10.1 Å². The minimum Gasteiger partial charge on any atom is -0.497 e. The minimum absolute atomic E-state index is 0.0238. The summed E-state index contributed by atoms with van der Waals surface area (Å²) < 4.78 is 24.0. The molecule has 0 radical (unpaired) electrons. The lowest BCUT2D eigenvalue weighted by Gasteiger charge is -2.08. The second-order valence-electron chi connectivity index (χ2n) is 4.12. The Hall–Kier alpha value is -2.34. The maximum atomic E-state index is 13.7. The van der Waals surface area contributed by atoms with Crippen LogP contribution in [0.25, 0.3) is 0 Å². The summed E-state index contributed by atoms with van der Waals surface area (Å²) in [6.45, 7) is -0.0238. The van der Waals surface area contributed by atoms with E-state index in [1.54, 1.807) is 12.1 Å². The Labute approximate surface area is 125 Å². The Bertz CT molecular complexity index is 678. The summed E-state index contributed by atoms with van der Waals surface area (Å²) in [5.74, 6) is 0.276. The standard InChI is InChI=1S/C14H11ClFNO4/c1-20-10-3-2-9(13(16)7-10)8-21-11-4-5-14(17(18)19)12(15)6-11/h2-7H,8H2,1H3. The quantitative estimate of drug-likeness (QED) is 0.619. The molecule has 0 aromatic heterocycles. The van der Waals surface area contributed by atoms with Gasteiger partial charge in [0.05, 0.1) is 12.0 Å². The molecule has 5 nitrogen and oxygen atoms in total. The fraction of sp³-hybridized carbons (Fsp3) is 0.143. The first-order chi connectivity index (χ1) is 10.0. The highest BCUT2D eigenvalue weighted by molar-refractivity contribution is 6.32. The molecule has 0 amide bonds. The van der Waals surface area contributed by atoms with Crippen molar-refractivity contribution in [1.82, 2.24) is 0 Å². The molecule has 0 aliphatic rings. The second kappa shape index (κ2) is 6.41. The Balaban J connectivity index is 2.10. The monoisotopic (exact) mass is 311 g/mol. The first-order valence-electron chi connectivity index (χ1n) is 5.90. The molecule has 2 aromatic rings. The lowest BCUT2D eigenvalue weighted by Crippen LogP contribution is -1.99. The smallest absolute Gasteiger partial charge is 0.288 e. The Kier molecular flexibility index (Phi) is 4.59. The summed E-state index contributed by atoms with van der Waals surface area (Å²) in [4.78, 5) is 10.0. The molecular formula is C14H11ClFNO4. The van der Waals surface area contributed by atoms with Crippen molar-refractivity contribution < 1.29 is 18.8 Å². The zero-order valence-electron chi connectivity index (χ0n) is 11.0. The molecule has 110 valence electrons. The van der Waals surface area contributed by atoms with Gasteiger partial charge >= 0.3 is 0 Å². The largest absolute Gasteiger partial charge is 0.497 e. The Morgan fingerprint density at radius 3 is 2.52 bits per heavy atom. The summed E-state index contributed by atoms with van der Waals surface area (Å²) in [7, 11) is 1.45. The highest BCUT2D eigenvalue weighted by atomic mass is 35.5. The second-order valence-corrected chi connectivity index (χ2v) is 4.52. The number of hydrogen-bond donors (Lipinski definition) is 0. The van der Waals surface area contributed by atoms with Crippen LogP contribution in [0.1, 0.15) is 5.56 Å². The van der Waals surface area contributed by atoms with Crippen molar-refractivity contribution in [2.75, 3.05) is 7.11 Å². The van der Waals surface area contributed by atoms with Crippen LogP contribution in [0.2, 0.25) is 5.02 Å². The summed E-state index contributed by atoms with van der Waals surface area (Å²) in [5.41, 5.74) is 0.130. The molecule has 0 saturated carbocycles. The summed E-state index contributed by atoms with van der Waals surface area (Å²) in [6, 6.07) is 8.38. The van der Waals surface area contributed by atoms with Crippen LogP contribution in [0, 0.1) is 15.9 Å². The van der Waals surface area contributed by atoms with Crippen molar-refractivity contribution in [2.45, 2.75) is 6.61 Å². The molecule has 0 saturated heterocycles. The van der Waals surface area contributed by atoms with Gasteiger partial charge in [-0.2, -0.15) is 0 Å². The van der Waals surface area contributed by atoms with E-state index in [0.717, 1.165) is 0 Å². The van der Waals surface area contributed by atoms with Crippen molar-refractivity contribution in [1.29, 1.82) is 0 Å². The number of rotatable bonds is 5. The predicted molar refractivity (Wildman–Crippen MR) is 75.4 cm³/mol. The van der Waals surface area contributed by atoms with Gasteiger partial charge in [-0.1, -0.05) is 11.6 Å². The molecule has 7 heteroatoms. The molecule has 0 heterocycles. The van der Waals surface area contributed by atoms with Crippen LogP contribution in [0.4, 0.5) is 10.1 Å². The average Bonchev–Trinajstić information content (AvgIpc) is 2.45. The number of hydrogen-bond acceptors (Lipinski definition) is 4. The lowest BCUT2D eigenvalue weighted by atomic mass is 10.2. The van der Waals surface area contributed by atoms with Gasteiger partial charge in [-0.05, 0) is 18.2 Å². The molecule has 0 spiro atoms. The van der Waals surface area contributed by atoms with E-state index in [1.165, 1.54) is 31.4 Å². The van der Waals surface area contributed by atoms with Gasteiger partial charge in [-0.15, -0.1) is 0 Å². The van der Waals surface area contributed by atoms with Gasteiger partial charge in [-0.25, -0.2) is 4.39 Å². The molecule has 0 aliphatic heterocycles. The number of nitrogens with zero attached hydrogens (tertiary/aromatic N) is 1. The van der Waals surface area contributed by atoms with Gasteiger partial charge in [0.1, 0.15) is 28.9 Å². The first-order valence-corrected chi connectivity index (χ1v) is 6.28. The number of benzene rings is 2. The topological polar surface area (TPSA) is 61.6 Å². The van der Waals surface area contributed by atoms with E-state index in [9.17, 15) is 14.5 Å². The molecule has 0 N–H and O–H groups in total. The number of methoxy groups -OCH3 is 1. The molecule has 0 fully saturated rings. The van der Waals surface area contributed by atoms with Gasteiger partial charge in [0, 0.05) is 23.8 Å². The van der Waals surface area contributed by atoms with Crippen LogP contribution < -0.4 is 9.47 Å². The fourth-order valence-electron chi connectivity index (χ4n) is 1.66. The summed E-state index contributed by atoms with van der Waals surface area (Å²) >= 11 is 5.76. The van der Waals surface area contributed by atoms with E-state index in [-0.39, 0.29) is 17.3 Å². The fourth-order valence-corrected chi connectivity index (χ4v) is 1.90. The van der Waals surface area contributed by atoms with Crippen molar-refractivity contribution in [3.8, 4) is 11.5 Å². The van der Waals surface area contributed by atoms with E-state index in [4.69, 9.17) is 21.1 Å². The van der Waals surface area contributed by atoms with Crippen LogP contribution in [0.3, 0.4) is 0 Å². The van der Waals surface area contributed by atoms with Crippen molar-refractivity contribution in [2.24, 2.45) is 0 Å². The molecule has 0 bridgehead atoms. The number of ether oxygens (including phenoxy) is 2. The van der Waals surface area contributed by atoms with Gasteiger partial charge in [0.15, 0.2) is 0 Å². The van der Waals surface area contributed by atoms with E-state index < -0.39 is 10.7 Å². The van der Waals surface area contributed by atoms with E-state index >= 15 is 0 Å². The van der Waals surface area contributed by atoms with Crippen molar-refractivity contribution >= 4 is 17.3 Å². The molecule has 0 aliphatic carbocycles. The lowest BCUT2D eigenvalue weighted by molar-refractivity contribution is -0.384. The SMILES string of the molecule is COc1ccc(COc2ccc([N+](=O)[O-])c(Cl)c2)c(F)c1. The third-order valence-electron chi connectivity index (χ3n) is 2.77. The maximum Gasteiger partial charge on any atom is 0.288 e. The van der Waals surface area contributed by atoms with Crippen LogP contribution in [-0.4, -0.2) is 12.0 Å². The van der Waals surface area contributed by atoms with Crippen LogP contribution in [0.5, 0.6) is 11.5 Å². The maximum absolute atomic E-state index is 13.7. The Morgan fingerprint density at radius 2 is 1.95 bits per heavy atom. The third-order valence-corrected chi connectivity index (χ3v) is 3.07. The zero-order chi connectivity index (χ0) is 15.4. The molecule has 21 heavy (non-hydrogen) atoms. The third kappa shape index (κ3) is 3.61. The normalized spacial score (nSPS) is 10.2. The van der Waals surface area contributed by atoms with Gasteiger partial charge in [0.2, 0.25) is 0 Å². The molecule has 0 unspecified atom stereocenters. The summed E-state index contributed by atoms with van der Waals surface area (Å²) in [6.07, 6.45) is 0. The number of halogens is 2. The Morgan fingerprint density at radius 1 is 1.24 bits per heavy atom. The van der Waals surface area contributed by atoms with Crippen LogP contribution >= 0.6 is 11.6 Å².